The summed E-state index contributed by atoms with van der Waals surface area (Å²) in [6.45, 7) is 1.36. The van der Waals surface area contributed by atoms with Gasteiger partial charge in [0, 0.05) is 13.0 Å². The molecule has 2 unspecified atom stereocenters. The van der Waals surface area contributed by atoms with Crippen LogP contribution in [-0.2, 0) is 19.1 Å². The van der Waals surface area contributed by atoms with Crippen LogP contribution in [0.1, 0.15) is 31.4 Å². The van der Waals surface area contributed by atoms with Gasteiger partial charge < -0.3 is 9.47 Å². The largest absolute Gasteiger partial charge is 0.469 e. The van der Waals surface area contributed by atoms with Crippen LogP contribution in [0.3, 0.4) is 0 Å². The van der Waals surface area contributed by atoms with E-state index in [2.05, 4.69) is 14.8 Å². The Balaban J connectivity index is 0.000000383. The highest BCUT2D eigenvalue weighted by Crippen LogP contribution is 2.26. The first kappa shape index (κ1) is 17.1. The summed E-state index contributed by atoms with van der Waals surface area (Å²) in [5.74, 6) is -0.721. The molecular formula is C15H20FNO4. The molecule has 116 valence electrons. The lowest BCUT2D eigenvalue weighted by Crippen LogP contribution is -2.33. The zero-order valence-electron chi connectivity index (χ0n) is 12.4. The molecule has 1 aliphatic rings. The molecule has 1 N–H and O–H groups in total. The second-order valence-corrected chi connectivity index (χ2v) is 4.62. The fourth-order valence-electron chi connectivity index (χ4n) is 2.03. The maximum absolute atomic E-state index is 12.7. The Labute approximate surface area is 123 Å². The van der Waals surface area contributed by atoms with Gasteiger partial charge in [-0.1, -0.05) is 12.1 Å². The lowest BCUT2D eigenvalue weighted by atomic mass is 10.1. The number of nitrogens with one attached hydrogen (secondary N) is 1. The van der Waals surface area contributed by atoms with Crippen LogP contribution in [0.2, 0.25) is 0 Å². The molecule has 1 aromatic carbocycles. The van der Waals surface area contributed by atoms with Crippen LogP contribution in [0.5, 0.6) is 0 Å². The van der Waals surface area contributed by atoms with Gasteiger partial charge in [0.2, 0.25) is 0 Å². The second kappa shape index (κ2) is 8.36. The molecule has 1 heterocycles. The molecule has 0 amide bonds. The summed E-state index contributed by atoms with van der Waals surface area (Å²) in [6.07, 6.45) is 1.63. The Kier molecular flexibility index (Phi) is 6.81. The third kappa shape index (κ3) is 5.51. The van der Waals surface area contributed by atoms with Gasteiger partial charge in [-0.05, 0) is 30.5 Å². The molecule has 0 aromatic heterocycles. The fraction of sp³-hybridized carbons (Fsp3) is 0.467. The third-order valence-corrected chi connectivity index (χ3v) is 3.19. The highest BCUT2D eigenvalue weighted by molar-refractivity contribution is 5.76. The Bertz CT molecular complexity index is 475. The molecule has 1 saturated heterocycles. The summed E-state index contributed by atoms with van der Waals surface area (Å²) in [5.41, 5.74) is 1.01. The maximum atomic E-state index is 12.7. The predicted octanol–water partition coefficient (Wildman–Crippen LogP) is 1.97. The standard InChI is InChI=1S/C12H14FNO2.C3H6O2/c1-16-12(15)11-7-6-10(14-11)8-2-4-9(13)5-3-8;1-3(4)5-2/h2-5,10-11,14H,6-7H2,1H3;1-2H3. The minimum Gasteiger partial charge on any atom is -0.469 e. The molecule has 2 rings (SSSR count). The minimum absolute atomic E-state index is 0.115. The first-order valence-corrected chi connectivity index (χ1v) is 6.61. The highest BCUT2D eigenvalue weighted by atomic mass is 19.1. The second-order valence-electron chi connectivity index (χ2n) is 4.62. The van der Waals surface area contributed by atoms with Crippen molar-refractivity contribution in [2.24, 2.45) is 0 Å². The first-order chi connectivity index (χ1) is 9.97. The smallest absolute Gasteiger partial charge is 0.322 e. The van der Waals surface area contributed by atoms with E-state index in [-0.39, 0.29) is 29.8 Å². The Morgan fingerprint density at radius 2 is 1.71 bits per heavy atom. The van der Waals surface area contributed by atoms with Crippen LogP contribution in [0, 0.1) is 5.82 Å². The number of carbonyl (C=O) groups excluding carboxylic acids is 2. The lowest BCUT2D eigenvalue weighted by Gasteiger charge is -2.13. The molecule has 1 fully saturated rings. The SMILES string of the molecule is COC(=O)C1CCC(c2ccc(F)cc2)N1.COC(C)=O. The molecule has 0 bridgehead atoms. The van der Waals surface area contributed by atoms with E-state index in [0.29, 0.717) is 0 Å². The molecule has 21 heavy (non-hydrogen) atoms. The molecule has 0 spiro atoms. The van der Waals surface area contributed by atoms with Crippen molar-refractivity contribution in [2.75, 3.05) is 14.2 Å². The van der Waals surface area contributed by atoms with E-state index in [1.54, 1.807) is 12.1 Å². The molecule has 5 nitrogen and oxygen atoms in total. The van der Waals surface area contributed by atoms with Crippen molar-refractivity contribution in [3.8, 4) is 0 Å². The van der Waals surface area contributed by atoms with Gasteiger partial charge >= 0.3 is 11.9 Å². The van der Waals surface area contributed by atoms with E-state index in [0.717, 1.165) is 18.4 Å². The van der Waals surface area contributed by atoms with Gasteiger partial charge in [-0.2, -0.15) is 0 Å². The summed E-state index contributed by atoms with van der Waals surface area (Å²) < 4.78 is 21.5. The predicted molar refractivity (Wildman–Crippen MR) is 75.0 cm³/mol. The van der Waals surface area contributed by atoms with Crippen LogP contribution >= 0.6 is 0 Å². The van der Waals surface area contributed by atoms with Gasteiger partial charge in [-0.15, -0.1) is 0 Å². The molecule has 2 atom stereocenters. The Hall–Kier alpha value is -1.95. The number of ether oxygens (including phenoxy) is 2. The van der Waals surface area contributed by atoms with E-state index >= 15 is 0 Å². The number of halogens is 1. The average molecular weight is 297 g/mol. The lowest BCUT2D eigenvalue weighted by molar-refractivity contribution is -0.142. The zero-order chi connectivity index (χ0) is 15.8. The normalized spacial score (nSPS) is 20.2. The van der Waals surface area contributed by atoms with Crippen LogP contribution in [0.25, 0.3) is 0 Å². The van der Waals surface area contributed by atoms with E-state index in [1.165, 1.54) is 33.3 Å². The van der Waals surface area contributed by atoms with Gasteiger partial charge in [-0.3, -0.25) is 14.9 Å². The highest BCUT2D eigenvalue weighted by Gasteiger charge is 2.30. The molecule has 0 aliphatic carbocycles. The zero-order valence-corrected chi connectivity index (χ0v) is 12.4. The topological polar surface area (TPSA) is 64.6 Å². The Morgan fingerprint density at radius 3 is 2.19 bits per heavy atom. The van der Waals surface area contributed by atoms with Crippen molar-refractivity contribution in [2.45, 2.75) is 31.8 Å². The number of rotatable bonds is 2. The van der Waals surface area contributed by atoms with Gasteiger partial charge in [0.25, 0.3) is 0 Å². The maximum Gasteiger partial charge on any atom is 0.322 e. The van der Waals surface area contributed by atoms with Crippen LogP contribution < -0.4 is 5.32 Å². The third-order valence-electron chi connectivity index (χ3n) is 3.19. The summed E-state index contributed by atoms with van der Waals surface area (Å²) >= 11 is 0. The monoisotopic (exact) mass is 297 g/mol. The van der Waals surface area contributed by atoms with Gasteiger partial charge in [-0.25, -0.2) is 4.39 Å². The van der Waals surface area contributed by atoms with Gasteiger partial charge in [0.05, 0.1) is 14.2 Å². The first-order valence-electron chi connectivity index (χ1n) is 6.61. The summed E-state index contributed by atoms with van der Waals surface area (Å²) in [6, 6.07) is 6.23. The van der Waals surface area contributed by atoms with Crippen LogP contribution in [-0.4, -0.2) is 32.2 Å². The fourth-order valence-corrected chi connectivity index (χ4v) is 2.03. The van der Waals surface area contributed by atoms with Gasteiger partial charge in [0.15, 0.2) is 0 Å². The molecule has 1 aromatic rings. The Morgan fingerprint density at radius 1 is 1.14 bits per heavy atom. The molecule has 6 heteroatoms. The van der Waals surface area contributed by atoms with E-state index in [1.807, 2.05) is 0 Å². The van der Waals surface area contributed by atoms with Crippen molar-refractivity contribution >= 4 is 11.9 Å². The van der Waals surface area contributed by atoms with Crippen LogP contribution in [0.4, 0.5) is 4.39 Å². The van der Waals surface area contributed by atoms with Crippen molar-refractivity contribution in [1.82, 2.24) is 5.32 Å². The average Bonchev–Trinajstić information content (AvgIpc) is 2.97. The van der Waals surface area contributed by atoms with E-state index in [4.69, 9.17) is 0 Å². The quantitative estimate of drug-likeness (QED) is 0.846. The number of esters is 2. The number of benzene rings is 1. The molecule has 1 aliphatic heterocycles. The number of hydrogen-bond acceptors (Lipinski definition) is 5. The van der Waals surface area contributed by atoms with Gasteiger partial charge in [0.1, 0.15) is 11.9 Å². The van der Waals surface area contributed by atoms with Crippen molar-refractivity contribution in [3.63, 3.8) is 0 Å². The van der Waals surface area contributed by atoms with Crippen molar-refractivity contribution in [3.05, 3.63) is 35.6 Å². The van der Waals surface area contributed by atoms with Crippen LogP contribution in [0.15, 0.2) is 24.3 Å². The summed E-state index contributed by atoms with van der Waals surface area (Å²) in [5, 5.41) is 3.18. The number of carbonyl (C=O) groups is 2. The molecule has 0 radical (unpaired) electrons. The number of methoxy groups -OCH3 is 2. The minimum atomic E-state index is -0.245. The van der Waals surface area contributed by atoms with Crippen molar-refractivity contribution < 1.29 is 23.5 Å². The van der Waals surface area contributed by atoms with Crippen molar-refractivity contribution in [1.29, 1.82) is 0 Å². The van der Waals surface area contributed by atoms with E-state index < -0.39 is 0 Å². The van der Waals surface area contributed by atoms with E-state index in [9.17, 15) is 14.0 Å². The number of hydrogen-bond donors (Lipinski definition) is 1. The summed E-state index contributed by atoms with van der Waals surface area (Å²) in [7, 11) is 2.73. The summed E-state index contributed by atoms with van der Waals surface area (Å²) in [4.78, 5) is 20.9. The molecular weight excluding hydrogens is 277 g/mol. The molecule has 0 saturated carbocycles.